The second-order valence-electron chi connectivity index (χ2n) is 5.94. The van der Waals surface area contributed by atoms with Gasteiger partial charge in [-0.05, 0) is 42.3 Å². The highest BCUT2D eigenvalue weighted by atomic mass is 35.5. The van der Waals surface area contributed by atoms with Gasteiger partial charge in [-0.15, -0.1) is 0 Å². The van der Waals surface area contributed by atoms with Crippen molar-refractivity contribution >= 4 is 40.6 Å². The maximum atomic E-state index is 12.6. The van der Waals surface area contributed by atoms with E-state index in [2.05, 4.69) is 5.32 Å². The zero-order chi connectivity index (χ0) is 20.1. The van der Waals surface area contributed by atoms with Crippen molar-refractivity contribution in [1.82, 2.24) is 0 Å². The van der Waals surface area contributed by atoms with E-state index in [0.29, 0.717) is 20.5 Å². The molecular weight excluding hydrogens is 396 g/mol. The number of aryl methyl sites for hydroxylation is 1. The van der Waals surface area contributed by atoms with Gasteiger partial charge in [-0.2, -0.15) is 0 Å². The lowest BCUT2D eigenvalue weighted by Crippen LogP contribution is -2.13. The van der Waals surface area contributed by atoms with E-state index in [4.69, 9.17) is 11.6 Å². The van der Waals surface area contributed by atoms with Crippen molar-refractivity contribution in [3.05, 3.63) is 93.0 Å². The highest BCUT2D eigenvalue weighted by Crippen LogP contribution is 2.38. The van der Waals surface area contributed by atoms with E-state index in [1.807, 2.05) is 37.3 Å². The Morgan fingerprint density at radius 3 is 2.50 bits per heavy atom. The van der Waals surface area contributed by atoms with Crippen LogP contribution >= 0.6 is 23.4 Å². The zero-order valence-corrected chi connectivity index (χ0v) is 16.6. The van der Waals surface area contributed by atoms with Crippen LogP contribution in [0, 0.1) is 10.1 Å². The predicted molar refractivity (Wildman–Crippen MR) is 112 cm³/mol. The topological polar surface area (TPSA) is 72.2 Å². The molecule has 0 unspecified atom stereocenters. The summed E-state index contributed by atoms with van der Waals surface area (Å²) in [6.07, 6.45) is 0.768. The lowest BCUT2D eigenvalue weighted by Gasteiger charge is -2.10. The summed E-state index contributed by atoms with van der Waals surface area (Å²) in [7, 11) is 0. The van der Waals surface area contributed by atoms with Gasteiger partial charge in [0, 0.05) is 22.2 Å². The van der Waals surface area contributed by atoms with Gasteiger partial charge < -0.3 is 5.32 Å². The summed E-state index contributed by atoms with van der Waals surface area (Å²) in [4.78, 5) is 24.8. The van der Waals surface area contributed by atoms with Gasteiger partial charge in [0.25, 0.3) is 11.6 Å². The molecule has 0 aromatic heterocycles. The highest BCUT2D eigenvalue weighted by Gasteiger charge is 2.19. The Hall–Kier alpha value is -2.83. The number of rotatable bonds is 6. The molecule has 0 aliphatic rings. The molecule has 0 aliphatic heterocycles. The predicted octanol–water partition coefficient (Wildman–Crippen LogP) is 6.21. The summed E-state index contributed by atoms with van der Waals surface area (Å²) < 4.78 is 0. The largest absolute Gasteiger partial charge is 0.322 e. The standard InChI is InChI=1S/C21H17ClN2O3S/c1-2-14-7-3-5-9-17(14)23-21(25)15-11-12-20(18(13-15)24(26)27)28-19-10-6-4-8-16(19)22/h3-13H,2H2,1H3,(H,23,25). The molecule has 0 fully saturated rings. The van der Waals surface area contributed by atoms with E-state index in [-0.39, 0.29) is 11.3 Å². The number of carbonyl (C=O) groups is 1. The van der Waals surface area contributed by atoms with Crippen LogP contribution in [0.3, 0.4) is 0 Å². The van der Waals surface area contributed by atoms with Gasteiger partial charge in [-0.25, -0.2) is 0 Å². The summed E-state index contributed by atoms with van der Waals surface area (Å²) >= 11 is 7.35. The number of nitro benzene ring substituents is 1. The van der Waals surface area contributed by atoms with Gasteiger partial charge in [0.15, 0.2) is 0 Å². The normalized spacial score (nSPS) is 10.5. The van der Waals surface area contributed by atoms with Crippen LogP contribution < -0.4 is 5.32 Å². The lowest BCUT2D eigenvalue weighted by molar-refractivity contribution is -0.387. The molecule has 1 amide bonds. The second-order valence-corrected chi connectivity index (χ2v) is 7.43. The third kappa shape index (κ3) is 4.52. The number of benzene rings is 3. The molecule has 0 heterocycles. The quantitative estimate of drug-likeness (QED) is 0.385. The fourth-order valence-electron chi connectivity index (χ4n) is 2.68. The summed E-state index contributed by atoms with van der Waals surface area (Å²) in [5.74, 6) is -0.390. The first-order chi connectivity index (χ1) is 13.5. The second kappa shape index (κ2) is 8.91. The minimum Gasteiger partial charge on any atom is -0.322 e. The smallest absolute Gasteiger partial charge is 0.284 e. The number of hydrogen-bond donors (Lipinski definition) is 1. The van der Waals surface area contributed by atoms with E-state index in [1.54, 1.807) is 30.3 Å². The number of hydrogen-bond acceptors (Lipinski definition) is 4. The Morgan fingerprint density at radius 1 is 1.07 bits per heavy atom. The highest BCUT2D eigenvalue weighted by molar-refractivity contribution is 7.99. The third-order valence-corrected chi connectivity index (χ3v) is 5.70. The van der Waals surface area contributed by atoms with Gasteiger partial charge in [0.1, 0.15) is 0 Å². The maximum absolute atomic E-state index is 12.6. The van der Waals surface area contributed by atoms with Crippen molar-refractivity contribution < 1.29 is 9.72 Å². The van der Waals surface area contributed by atoms with Gasteiger partial charge in [0.05, 0.1) is 14.8 Å². The molecule has 5 nitrogen and oxygen atoms in total. The molecule has 0 saturated heterocycles. The Kier molecular flexibility index (Phi) is 6.34. The van der Waals surface area contributed by atoms with Crippen LogP contribution in [0.2, 0.25) is 5.02 Å². The molecular formula is C21H17ClN2O3S. The Morgan fingerprint density at radius 2 is 1.79 bits per heavy atom. The number of nitrogens with one attached hydrogen (secondary N) is 1. The van der Waals surface area contributed by atoms with E-state index in [9.17, 15) is 14.9 Å². The van der Waals surface area contributed by atoms with Crippen LogP contribution in [-0.2, 0) is 6.42 Å². The fourth-order valence-corrected chi connectivity index (χ4v) is 3.85. The number of carbonyl (C=O) groups excluding carboxylic acids is 1. The van der Waals surface area contributed by atoms with Crippen LogP contribution in [0.25, 0.3) is 0 Å². The monoisotopic (exact) mass is 412 g/mol. The van der Waals surface area contributed by atoms with Gasteiger partial charge in [-0.1, -0.05) is 60.6 Å². The van der Waals surface area contributed by atoms with E-state index in [1.165, 1.54) is 17.8 Å². The minimum absolute atomic E-state index is 0.138. The summed E-state index contributed by atoms with van der Waals surface area (Å²) in [6.45, 7) is 2.00. The molecule has 3 aromatic rings. The van der Waals surface area contributed by atoms with Gasteiger partial charge in [-0.3, -0.25) is 14.9 Å². The Labute approximate surface area is 171 Å². The minimum atomic E-state index is -0.490. The van der Waals surface area contributed by atoms with Crippen molar-refractivity contribution in [2.24, 2.45) is 0 Å². The van der Waals surface area contributed by atoms with Crippen molar-refractivity contribution in [2.45, 2.75) is 23.1 Å². The molecule has 142 valence electrons. The molecule has 28 heavy (non-hydrogen) atoms. The van der Waals surface area contributed by atoms with Crippen LogP contribution in [0.1, 0.15) is 22.8 Å². The van der Waals surface area contributed by atoms with Crippen LogP contribution in [0.5, 0.6) is 0 Å². The Balaban J connectivity index is 1.89. The molecule has 7 heteroatoms. The number of anilines is 1. The van der Waals surface area contributed by atoms with Crippen molar-refractivity contribution in [3.63, 3.8) is 0 Å². The van der Waals surface area contributed by atoms with Crippen molar-refractivity contribution in [2.75, 3.05) is 5.32 Å². The summed E-state index contributed by atoms with van der Waals surface area (Å²) in [6, 6.07) is 19.1. The lowest BCUT2D eigenvalue weighted by atomic mass is 10.1. The van der Waals surface area contributed by atoms with Crippen molar-refractivity contribution in [1.29, 1.82) is 0 Å². The average molecular weight is 413 g/mol. The van der Waals surface area contributed by atoms with E-state index in [0.717, 1.165) is 12.0 Å². The SMILES string of the molecule is CCc1ccccc1NC(=O)c1ccc(Sc2ccccc2Cl)c([N+](=O)[O-])c1. The molecule has 0 bridgehead atoms. The van der Waals surface area contributed by atoms with E-state index < -0.39 is 10.8 Å². The number of para-hydroxylation sites is 1. The Bertz CT molecular complexity index is 1040. The van der Waals surface area contributed by atoms with Gasteiger partial charge in [0.2, 0.25) is 0 Å². The third-order valence-electron chi connectivity index (χ3n) is 4.12. The van der Waals surface area contributed by atoms with Gasteiger partial charge >= 0.3 is 0 Å². The molecule has 0 radical (unpaired) electrons. The number of halogens is 1. The average Bonchev–Trinajstić information content (AvgIpc) is 2.70. The molecule has 0 aliphatic carbocycles. The molecule has 0 atom stereocenters. The van der Waals surface area contributed by atoms with Crippen molar-refractivity contribution in [3.8, 4) is 0 Å². The zero-order valence-electron chi connectivity index (χ0n) is 15.0. The fraction of sp³-hybridized carbons (Fsp3) is 0.0952. The molecule has 0 spiro atoms. The van der Waals surface area contributed by atoms with Crippen LogP contribution in [0.15, 0.2) is 76.5 Å². The van der Waals surface area contributed by atoms with E-state index >= 15 is 0 Å². The number of nitrogens with zero attached hydrogens (tertiary/aromatic N) is 1. The molecule has 0 saturated carbocycles. The number of amides is 1. The summed E-state index contributed by atoms with van der Waals surface area (Å²) in [5.41, 5.74) is 1.78. The molecule has 1 N–H and O–H groups in total. The van der Waals surface area contributed by atoms with Crippen LogP contribution in [-0.4, -0.2) is 10.8 Å². The maximum Gasteiger partial charge on any atom is 0.284 e. The number of nitro groups is 1. The van der Waals surface area contributed by atoms with Crippen LogP contribution in [0.4, 0.5) is 11.4 Å². The first-order valence-electron chi connectivity index (χ1n) is 8.59. The molecule has 3 rings (SSSR count). The first kappa shape index (κ1) is 19.9. The molecule has 3 aromatic carbocycles. The first-order valence-corrected chi connectivity index (χ1v) is 9.79. The summed E-state index contributed by atoms with van der Waals surface area (Å²) in [5, 5.41) is 14.9.